The minimum absolute atomic E-state index is 1.07. The van der Waals surface area contributed by atoms with Gasteiger partial charge in [-0.25, -0.2) is 0 Å². The Morgan fingerprint density at radius 3 is 2.25 bits per heavy atom. The maximum Gasteiger partial charge on any atom is 0.0780 e. The monoisotopic (exact) mass is 255 g/mol. The molecule has 0 bridgehead atoms. The Morgan fingerprint density at radius 2 is 1.40 bits per heavy atom. The molecule has 0 fully saturated rings. The van der Waals surface area contributed by atoms with Crippen molar-refractivity contribution in [3.63, 3.8) is 0 Å². The van der Waals surface area contributed by atoms with Gasteiger partial charge in [-0.05, 0) is 28.6 Å². The van der Waals surface area contributed by atoms with Crippen molar-refractivity contribution in [3.8, 4) is 11.1 Å². The van der Waals surface area contributed by atoms with Gasteiger partial charge in [-0.3, -0.25) is 4.98 Å². The molecule has 1 heterocycles. The first-order chi connectivity index (χ1) is 9.93. The predicted molar refractivity (Wildman–Crippen MR) is 84.7 cm³/mol. The number of rotatable bonds is 1. The van der Waals surface area contributed by atoms with E-state index in [-0.39, 0.29) is 0 Å². The molecule has 3 aromatic carbocycles. The number of fused-ring (bicyclic) bond motifs is 3. The van der Waals surface area contributed by atoms with Crippen molar-refractivity contribution < 1.29 is 0 Å². The van der Waals surface area contributed by atoms with E-state index in [0.29, 0.717) is 0 Å². The summed E-state index contributed by atoms with van der Waals surface area (Å²) in [5.41, 5.74) is 3.58. The van der Waals surface area contributed by atoms with Gasteiger partial charge in [0.05, 0.1) is 5.52 Å². The molecular weight excluding hydrogens is 242 g/mol. The summed E-state index contributed by atoms with van der Waals surface area (Å²) < 4.78 is 0. The number of pyridine rings is 1. The molecule has 1 heteroatoms. The van der Waals surface area contributed by atoms with Crippen LogP contribution >= 0.6 is 0 Å². The van der Waals surface area contributed by atoms with Gasteiger partial charge in [0.25, 0.3) is 0 Å². The molecule has 1 nitrogen and oxygen atoms in total. The Labute approximate surface area is 117 Å². The number of hydrogen-bond acceptors (Lipinski definition) is 1. The molecule has 0 amide bonds. The zero-order valence-corrected chi connectivity index (χ0v) is 11.0. The first-order valence-electron chi connectivity index (χ1n) is 6.75. The first-order valence-corrected chi connectivity index (χ1v) is 6.75. The average Bonchev–Trinajstić information content (AvgIpc) is 2.55. The molecule has 0 spiro atoms. The van der Waals surface area contributed by atoms with E-state index < -0.39 is 0 Å². The molecule has 0 atom stereocenters. The van der Waals surface area contributed by atoms with E-state index in [2.05, 4.69) is 65.6 Å². The standard InChI is InChI=1S/C19H13N/c1-2-7-14(8-3-1)18-13-15-9-6-12-20-19(15)17-11-5-4-10-16(17)18/h1-13H. The zero-order valence-electron chi connectivity index (χ0n) is 11.0. The van der Waals surface area contributed by atoms with E-state index in [1.54, 1.807) is 0 Å². The molecule has 94 valence electrons. The Bertz CT molecular complexity index is 895. The molecule has 0 unspecified atom stereocenters. The van der Waals surface area contributed by atoms with Crippen LogP contribution < -0.4 is 0 Å². The van der Waals surface area contributed by atoms with Crippen molar-refractivity contribution in [1.82, 2.24) is 4.98 Å². The molecule has 4 aromatic rings. The maximum absolute atomic E-state index is 4.54. The highest BCUT2D eigenvalue weighted by Gasteiger charge is 2.08. The molecule has 0 saturated heterocycles. The Hall–Kier alpha value is -2.67. The van der Waals surface area contributed by atoms with Gasteiger partial charge in [0.1, 0.15) is 0 Å². The number of hydrogen-bond donors (Lipinski definition) is 0. The Kier molecular flexibility index (Phi) is 2.49. The highest BCUT2D eigenvalue weighted by molar-refractivity contribution is 6.11. The van der Waals surface area contributed by atoms with Crippen LogP contribution in [0, 0.1) is 0 Å². The van der Waals surface area contributed by atoms with Gasteiger partial charge in [0.2, 0.25) is 0 Å². The Balaban J connectivity index is 2.19. The number of nitrogens with zero attached hydrogens (tertiary/aromatic N) is 1. The van der Waals surface area contributed by atoms with Gasteiger partial charge in [-0.1, -0.05) is 60.7 Å². The van der Waals surface area contributed by atoms with Crippen LogP contribution in [-0.4, -0.2) is 4.98 Å². The quantitative estimate of drug-likeness (QED) is 0.433. The molecule has 0 N–H and O–H groups in total. The molecule has 20 heavy (non-hydrogen) atoms. The third-order valence-corrected chi connectivity index (χ3v) is 3.70. The summed E-state index contributed by atoms with van der Waals surface area (Å²) in [5.74, 6) is 0. The van der Waals surface area contributed by atoms with E-state index in [9.17, 15) is 0 Å². The molecule has 0 aliphatic heterocycles. The summed E-state index contributed by atoms with van der Waals surface area (Å²) in [6.45, 7) is 0. The van der Waals surface area contributed by atoms with Crippen LogP contribution in [0.25, 0.3) is 32.8 Å². The summed E-state index contributed by atoms with van der Waals surface area (Å²) in [6.07, 6.45) is 1.86. The SMILES string of the molecule is c1ccc(-c2cc3cccnc3c3ccccc23)cc1. The fourth-order valence-electron chi connectivity index (χ4n) is 2.77. The fourth-order valence-corrected chi connectivity index (χ4v) is 2.77. The minimum Gasteiger partial charge on any atom is -0.256 e. The van der Waals surface area contributed by atoms with E-state index in [0.717, 1.165) is 5.52 Å². The first kappa shape index (κ1) is 11.2. The molecular formula is C19H13N. The van der Waals surface area contributed by atoms with Crippen LogP contribution in [0.1, 0.15) is 0 Å². The van der Waals surface area contributed by atoms with E-state index in [1.165, 1.54) is 27.3 Å². The summed E-state index contributed by atoms with van der Waals surface area (Å²) in [5, 5.41) is 3.65. The zero-order chi connectivity index (χ0) is 13.4. The summed E-state index contributed by atoms with van der Waals surface area (Å²) >= 11 is 0. The number of benzene rings is 3. The maximum atomic E-state index is 4.54. The molecule has 0 radical (unpaired) electrons. The van der Waals surface area contributed by atoms with Gasteiger partial charge in [-0.15, -0.1) is 0 Å². The molecule has 1 aromatic heterocycles. The van der Waals surface area contributed by atoms with E-state index in [1.807, 2.05) is 18.3 Å². The molecule has 0 saturated carbocycles. The average molecular weight is 255 g/mol. The smallest absolute Gasteiger partial charge is 0.0780 e. The van der Waals surface area contributed by atoms with Crippen molar-refractivity contribution in [2.75, 3.05) is 0 Å². The van der Waals surface area contributed by atoms with Crippen molar-refractivity contribution in [1.29, 1.82) is 0 Å². The normalized spacial score (nSPS) is 11.0. The summed E-state index contributed by atoms with van der Waals surface area (Å²) in [4.78, 5) is 4.54. The lowest BCUT2D eigenvalue weighted by Crippen LogP contribution is -1.86. The van der Waals surface area contributed by atoms with Crippen LogP contribution in [0.4, 0.5) is 0 Å². The summed E-state index contributed by atoms with van der Waals surface area (Å²) in [7, 11) is 0. The van der Waals surface area contributed by atoms with Gasteiger partial charge < -0.3 is 0 Å². The van der Waals surface area contributed by atoms with Gasteiger partial charge in [0, 0.05) is 17.0 Å². The summed E-state index contributed by atoms with van der Waals surface area (Å²) in [6, 6.07) is 25.4. The third-order valence-electron chi connectivity index (χ3n) is 3.70. The topological polar surface area (TPSA) is 12.9 Å². The minimum atomic E-state index is 1.07. The lowest BCUT2D eigenvalue weighted by atomic mass is 9.95. The van der Waals surface area contributed by atoms with Crippen LogP contribution in [0.2, 0.25) is 0 Å². The highest BCUT2D eigenvalue weighted by atomic mass is 14.6. The highest BCUT2D eigenvalue weighted by Crippen LogP contribution is 2.33. The van der Waals surface area contributed by atoms with Crippen LogP contribution in [0.3, 0.4) is 0 Å². The van der Waals surface area contributed by atoms with E-state index >= 15 is 0 Å². The molecule has 0 aliphatic carbocycles. The third kappa shape index (κ3) is 1.68. The van der Waals surface area contributed by atoms with Crippen molar-refractivity contribution >= 4 is 21.7 Å². The van der Waals surface area contributed by atoms with Crippen LogP contribution in [0.5, 0.6) is 0 Å². The van der Waals surface area contributed by atoms with Gasteiger partial charge in [0.15, 0.2) is 0 Å². The van der Waals surface area contributed by atoms with Crippen molar-refractivity contribution in [3.05, 3.63) is 79.0 Å². The van der Waals surface area contributed by atoms with Crippen LogP contribution in [-0.2, 0) is 0 Å². The lowest BCUT2D eigenvalue weighted by molar-refractivity contribution is 1.43. The molecule has 0 aliphatic rings. The Morgan fingerprint density at radius 1 is 0.650 bits per heavy atom. The number of aromatic nitrogens is 1. The largest absolute Gasteiger partial charge is 0.256 e. The van der Waals surface area contributed by atoms with Gasteiger partial charge in [-0.2, -0.15) is 0 Å². The van der Waals surface area contributed by atoms with Crippen molar-refractivity contribution in [2.24, 2.45) is 0 Å². The lowest BCUT2D eigenvalue weighted by Gasteiger charge is -2.10. The van der Waals surface area contributed by atoms with E-state index in [4.69, 9.17) is 0 Å². The second kappa shape index (κ2) is 4.46. The second-order valence-electron chi connectivity index (χ2n) is 4.91. The predicted octanol–water partition coefficient (Wildman–Crippen LogP) is 5.06. The van der Waals surface area contributed by atoms with Crippen molar-refractivity contribution in [2.45, 2.75) is 0 Å². The van der Waals surface area contributed by atoms with Crippen LogP contribution in [0.15, 0.2) is 79.0 Å². The molecule has 4 rings (SSSR count). The van der Waals surface area contributed by atoms with Gasteiger partial charge >= 0.3 is 0 Å². The second-order valence-corrected chi connectivity index (χ2v) is 4.91. The fraction of sp³-hybridized carbons (Fsp3) is 0.